The first-order valence-corrected chi connectivity index (χ1v) is 11.3. The lowest BCUT2D eigenvalue weighted by atomic mass is 9.64. The predicted octanol–water partition coefficient (Wildman–Crippen LogP) is 2.50. The molecule has 1 aromatic carbocycles. The lowest BCUT2D eigenvalue weighted by Crippen LogP contribution is -2.36. The number of likely N-dealkylation sites (N-methyl/N-ethyl adjacent to an activating group) is 1. The van der Waals surface area contributed by atoms with Gasteiger partial charge in [0.25, 0.3) is 11.4 Å². The van der Waals surface area contributed by atoms with Crippen LogP contribution in [-0.4, -0.2) is 49.6 Å². The molecule has 0 saturated heterocycles. The van der Waals surface area contributed by atoms with E-state index in [0.717, 1.165) is 36.0 Å². The number of anilines is 1. The van der Waals surface area contributed by atoms with Crippen molar-refractivity contribution in [1.29, 1.82) is 0 Å². The Morgan fingerprint density at radius 1 is 1.11 bits per heavy atom. The molecule has 0 unspecified atom stereocenters. The van der Waals surface area contributed by atoms with Gasteiger partial charge in [-0.2, -0.15) is 4.98 Å². The van der Waals surface area contributed by atoms with Crippen LogP contribution in [0, 0.1) is 0 Å². The number of amides is 1. The fourth-order valence-corrected chi connectivity index (χ4v) is 4.28. The fourth-order valence-electron chi connectivity index (χ4n) is 4.28. The number of carbonyl (C=O) groups excluding carboxylic acids is 1. The number of rotatable bonds is 6. The average molecular weight is 472 g/mol. The van der Waals surface area contributed by atoms with E-state index in [-0.39, 0.29) is 40.8 Å². The molecule has 0 aliphatic heterocycles. The summed E-state index contributed by atoms with van der Waals surface area (Å²) in [7, 11) is 3.30. The van der Waals surface area contributed by atoms with E-state index < -0.39 is 0 Å². The fraction of sp³-hybridized carbons (Fsp3) is 0.280. The maximum absolute atomic E-state index is 13.0. The molecule has 1 aliphatic rings. The average Bonchev–Trinajstić information content (AvgIpc) is 3.30. The van der Waals surface area contributed by atoms with Gasteiger partial charge in [-0.1, -0.05) is 35.8 Å². The Labute approximate surface area is 201 Å². The lowest BCUT2D eigenvalue weighted by Gasteiger charge is -2.39. The third-order valence-corrected chi connectivity index (χ3v) is 6.56. The summed E-state index contributed by atoms with van der Waals surface area (Å²) < 4.78 is 6.90. The minimum Gasteiger partial charge on any atom is -0.368 e. The zero-order chi connectivity index (χ0) is 24.6. The molecule has 5 rings (SSSR count). The number of hydrogen-bond donors (Lipinski definition) is 1. The third-order valence-electron chi connectivity index (χ3n) is 6.56. The number of nitrogens with zero attached hydrogens (tertiary/aromatic N) is 6. The molecule has 1 aliphatic carbocycles. The monoisotopic (exact) mass is 471 g/mol. The minimum absolute atomic E-state index is 0.0595. The molecule has 10 nitrogen and oxygen atoms in total. The quantitative estimate of drug-likeness (QED) is 0.453. The van der Waals surface area contributed by atoms with Crippen molar-refractivity contribution in [3.05, 3.63) is 76.7 Å². The molecule has 0 radical (unpaired) electrons. The number of benzene rings is 1. The largest absolute Gasteiger partial charge is 0.368 e. The van der Waals surface area contributed by atoms with Gasteiger partial charge in [0.05, 0.1) is 5.41 Å². The highest BCUT2D eigenvalue weighted by atomic mass is 16.5. The second-order valence-electron chi connectivity index (χ2n) is 8.91. The molecule has 35 heavy (non-hydrogen) atoms. The van der Waals surface area contributed by atoms with Gasteiger partial charge in [0.15, 0.2) is 5.82 Å². The smallest absolute Gasteiger partial charge is 0.263 e. The second kappa shape index (κ2) is 8.79. The van der Waals surface area contributed by atoms with Gasteiger partial charge in [-0.15, -0.1) is 0 Å². The summed E-state index contributed by atoms with van der Waals surface area (Å²) >= 11 is 0. The number of hydrogen-bond acceptors (Lipinski definition) is 8. The van der Waals surface area contributed by atoms with Crippen LogP contribution in [0.25, 0.3) is 22.6 Å². The Morgan fingerprint density at radius 2 is 1.83 bits per heavy atom. The number of nitrogens with two attached hydrogens (primary N) is 1. The number of aromatic nitrogens is 5. The van der Waals surface area contributed by atoms with E-state index in [1.54, 1.807) is 44.8 Å². The molecule has 3 heterocycles. The molecular formula is C25H25N7O3. The molecule has 1 saturated carbocycles. The SMILES string of the molecule is CN(C)C(=O)Cn1cccc(-c2nc(C3(c4ccc(-c5cnc(N)nc5)cc4)CCC3)no2)c1=O. The van der Waals surface area contributed by atoms with Gasteiger partial charge in [-0.25, -0.2) is 9.97 Å². The van der Waals surface area contributed by atoms with Crippen molar-refractivity contribution in [2.75, 3.05) is 19.8 Å². The van der Waals surface area contributed by atoms with Crippen LogP contribution < -0.4 is 11.3 Å². The van der Waals surface area contributed by atoms with Gasteiger partial charge in [0.2, 0.25) is 11.9 Å². The van der Waals surface area contributed by atoms with Crippen LogP contribution in [0.4, 0.5) is 5.95 Å². The van der Waals surface area contributed by atoms with E-state index in [2.05, 4.69) is 32.2 Å². The van der Waals surface area contributed by atoms with Crippen molar-refractivity contribution in [2.45, 2.75) is 31.2 Å². The van der Waals surface area contributed by atoms with Crippen molar-refractivity contribution in [3.8, 4) is 22.6 Å². The normalized spacial score (nSPS) is 14.3. The van der Waals surface area contributed by atoms with Crippen LogP contribution in [0.2, 0.25) is 0 Å². The Balaban J connectivity index is 1.44. The van der Waals surface area contributed by atoms with Crippen molar-refractivity contribution in [3.63, 3.8) is 0 Å². The van der Waals surface area contributed by atoms with Gasteiger partial charge >= 0.3 is 0 Å². The molecule has 2 N–H and O–H groups in total. The van der Waals surface area contributed by atoms with Crippen molar-refractivity contribution < 1.29 is 9.32 Å². The first-order valence-electron chi connectivity index (χ1n) is 11.3. The Kier molecular flexibility index (Phi) is 5.64. The van der Waals surface area contributed by atoms with Gasteiger partial charge in [-0.05, 0) is 36.1 Å². The summed E-state index contributed by atoms with van der Waals surface area (Å²) in [6, 6.07) is 11.5. The first-order chi connectivity index (χ1) is 16.9. The second-order valence-corrected chi connectivity index (χ2v) is 8.91. The summed E-state index contributed by atoms with van der Waals surface area (Å²) in [4.78, 5) is 39.3. The highest BCUT2D eigenvalue weighted by Crippen LogP contribution is 2.48. The molecule has 178 valence electrons. The molecule has 1 amide bonds. The minimum atomic E-state index is -0.368. The molecule has 0 spiro atoms. The van der Waals surface area contributed by atoms with Crippen LogP contribution in [0.1, 0.15) is 30.7 Å². The van der Waals surface area contributed by atoms with Crippen molar-refractivity contribution in [2.24, 2.45) is 0 Å². The van der Waals surface area contributed by atoms with E-state index in [0.29, 0.717) is 5.82 Å². The zero-order valence-corrected chi connectivity index (χ0v) is 19.5. The highest BCUT2D eigenvalue weighted by Gasteiger charge is 2.44. The molecule has 0 atom stereocenters. The van der Waals surface area contributed by atoms with E-state index in [9.17, 15) is 9.59 Å². The van der Waals surface area contributed by atoms with Crippen LogP contribution in [0.5, 0.6) is 0 Å². The van der Waals surface area contributed by atoms with E-state index in [1.165, 1.54) is 9.47 Å². The van der Waals surface area contributed by atoms with Crippen LogP contribution >= 0.6 is 0 Å². The van der Waals surface area contributed by atoms with Crippen molar-refractivity contribution >= 4 is 11.9 Å². The molecule has 4 aromatic rings. The lowest BCUT2D eigenvalue weighted by molar-refractivity contribution is -0.129. The van der Waals surface area contributed by atoms with E-state index in [1.807, 2.05) is 12.1 Å². The summed E-state index contributed by atoms with van der Waals surface area (Å²) in [5.74, 6) is 0.763. The van der Waals surface area contributed by atoms with Gasteiger partial charge in [0, 0.05) is 38.2 Å². The summed E-state index contributed by atoms with van der Waals surface area (Å²) in [6.07, 6.45) is 7.77. The Hall–Kier alpha value is -4.34. The van der Waals surface area contributed by atoms with Gasteiger partial charge in [-0.3, -0.25) is 9.59 Å². The predicted molar refractivity (Wildman–Crippen MR) is 129 cm³/mol. The van der Waals surface area contributed by atoms with Crippen LogP contribution in [0.15, 0.2) is 64.3 Å². The number of carbonyl (C=O) groups is 1. The van der Waals surface area contributed by atoms with Gasteiger partial charge in [0.1, 0.15) is 12.1 Å². The van der Waals surface area contributed by atoms with E-state index in [4.69, 9.17) is 10.3 Å². The van der Waals surface area contributed by atoms with Crippen LogP contribution in [-0.2, 0) is 16.8 Å². The summed E-state index contributed by atoms with van der Waals surface area (Å²) in [5, 5.41) is 4.27. The Morgan fingerprint density at radius 3 is 2.46 bits per heavy atom. The molecule has 1 fully saturated rings. The number of nitrogen functional groups attached to an aromatic ring is 1. The summed E-state index contributed by atoms with van der Waals surface area (Å²) in [5.41, 5.74) is 8.08. The summed E-state index contributed by atoms with van der Waals surface area (Å²) in [6.45, 7) is -0.0595. The topological polar surface area (TPSA) is 133 Å². The third kappa shape index (κ3) is 4.07. The first kappa shape index (κ1) is 22.5. The zero-order valence-electron chi connectivity index (χ0n) is 19.5. The molecular weight excluding hydrogens is 446 g/mol. The van der Waals surface area contributed by atoms with Crippen LogP contribution in [0.3, 0.4) is 0 Å². The molecule has 0 bridgehead atoms. The highest BCUT2D eigenvalue weighted by molar-refractivity contribution is 5.75. The standard InChI is InChI=1S/C25H25N7O3/c1-31(2)20(33)15-32-12-3-5-19(22(32)34)21-29-23(30-35-21)25(10-4-11-25)18-8-6-16(7-9-18)17-13-27-24(26)28-14-17/h3,5-9,12-14H,4,10-11,15H2,1-2H3,(H2,26,27,28). The van der Waals surface area contributed by atoms with E-state index >= 15 is 0 Å². The maximum Gasteiger partial charge on any atom is 0.263 e. The molecule has 10 heteroatoms. The number of pyridine rings is 1. The molecule has 3 aromatic heterocycles. The van der Waals surface area contributed by atoms with Gasteiger partial charge < -0.3 is 19.7 Å². The maximum atomic E-state index is 13.0. The Bertz CT molecular complexity index is 1420. The van der Waals surface area contributed by atoms with Crippen molar-refractivity contribution in [1.82, 2.24) is 29.6 Å².